The Morgan fingerprint density at radius 2 is 1.64 bits per heavy atom. The Hall–Kier alpha value is -3.96. The minimum atomic E-state index is -0.830. The summed E-state index contributed by atoms with van der Waals surface area (Å²) in [6.45, 7) is 1.80. The van der Waals surface area contributed by atoms with Crippen LogP contribution in [-0.4, -0.2) is 21.8 Å². The van der Waals surface area contributed by atoms with Crippen LogP contribution >= 0.6 is 11.6 Å². The summed E-state index contributed by atoms with van der Waals surface area (Å²) in [6.07, 6.45) is 3.19. The fraction of sp³-hybridized carbons (Fsp3) is 0.0741. The third-order valence-electron chi connectivity index (χ3n) is 6.01. The number of pyridine rings is 1. The monoisotopic (exact) mass is 454 g/mol. The highest BCUT2D eigenvalue weighted by molar-refractivity contribution is 6.52. The van der Waals surface area contributed by atoms with E-state index in [1.807, 2.05) is 36.4 Å². The number of carbonyl (C=O) groups excluding carboxylic acids is 2. The van der Waals surface area contributed by atoms with Crippen molar-refractivity contribution in [2.24, 2.45) is 0 Å². The van der Waals surface area contributed by atoms with Crippen molar-refractivity contribution in [3.63, 3.8) is 0 Å². The molecule has 0 bridgehead atoms. The summed E-state index contributed by atoms with van der Waals surface area (Å²) in [5.74, 6) is -1.68. The van der Waals surface area contributed by atoms with Gasteiger partial charge in [-0.3, -0.25) is 19.5 Å². The molecule has 1 atom stereocenters. The second-order valence-corrected chi connectivity index (χ2v) is 8.27. The zero-order chi connectivity index (χ0) is 23.1. The average Bonchev–Trinajstić information content (AvgIpc) is 3.11. The van der Waals surface area contributed by atoms with Gasteiger partial charge in [0, 0.05) is 28.7 Å². The first-order valence-corrected chi connectivity index (χ1v) is 10.8. The number of aliphatic hydroxyl groups excluding tert-OH is 1. The van der Waals surface area contributed by atoms with Gasteiger partial charge in [0.25, 0.3) is 11.7 Å². The summed E-state index contributed by atoms with van der Waals surface area (Å²) < 4.78 is 0. The molecule has 3 aromatic carbocycles. The minimum absolute atomic E-state index is 0.0296. The molecule has 0 radical (unpaired) electrons. The number of nitrogens with zero attached hydrogens (tertiary/aromatic N) is 2. The SMILES string of the molecule is Cc1c(Cl)cccc1N1C(=O)C(=O)/C(=C(\O)c2cccc3ccccc23)C1c1ccncc1. The molecule has 1 unspecified atom stereocenters. The predicted octanol–water partition coefficient (Wildman–Crippen LogP) is 5.82. The number of fused-ring (bicyclic) bond motifs is 1. The maximum absolute atomic E-state index is 13.4. The molecule has 5 rings (SSSR count). The van der Waals surface area contributed by atoms with Gasteiger partial charge in [-0.2, -0.15) is 0 Å². The van der Waals surface area contributed by atoms with Crippen molar-refractivity contribution in [2.75, 3.05) is 4.90 Å². The smallest absolute Gasteiger partial charge is 0.300 e. The van der Waals surface area contributed by atoms with E-state index in [0.717, 1.165) is 10.8 Å². The van der Waals surface area contributed by atoms with Crippen LogP contribution in [0.15, 0.2) is 90.8 Å². The molecule has 1 fully saturated rings. The van der Waals surface area contributed by atoms with Gasteiger partial charge in [-0.15, -0.1) is 0 Å². The van der Waals surface area contributed by atoms with Crippen LogP contribution in [0, 0.1) is 6.92 Å². The molecule has 33 heavy (non-hydrogen) atoms. The number of aromatic nitrogens is 1. The molecule has 0 aliphatic carbocycles. The maximum atomic E-state index is 13.4. The molecule has 162 valence electrons. The Balaban J connectivity index is 1.80. The summed E-state index contributed by atoms with van der Waals surface area (Å²) in [6, 6.07) is 20.9. The van der Waals surface area contributed by atoms with Crippen molar-refractivity contribution in [3.8, 4) is 0 Å². The molecule has 5 nitrogen and oxygen atoms in total. The van der Waals surface area contributed by atoms with E-state index >= 15 is 0 Å². The Morgan fingerprint density at radius 1 is 0.939 bits per heavy atom. The molecule has 6 heteroatoms. The number of halogens is 1. The van der Waals surface area contributed by atoms with Gasteiger partial charge in [0.15, 0.2) is 0 Å². The van der Waals surface area contributed by atoms with Gasteiger partial charge in [0.1, 0.15) is 5.76 Å². The zero-order valence-corrected chi connectivity index (χ0v) is 18.5. The van der Waals surface area contributed by atoms with Crippen molar-refractivity contribution in [2.45, 2.75) is 13.0 Å². The van der Waals surface area contributed by atoms with E-state index in [1.54, 1.807) is 55.7 Å². The van der Waals surface area contributed by atoms with Crippen LogP contribution in [0.1, 0.15) is 22.7 Å². The number of hydrogen-bond acceptors (Lipinski definition) is 4. The van der Waals surface area contributed by atoms with Gasteiger partial charge in [-0.05, 0) is 53.1 Å². The number of Topliss-reactive ketones (excluding diaryl/α,β-unsaturated/α-hetero) is 1. The summed E-state index contributed by atoms with van der Waals surface area (Å²) in [4.78, 5) is 32.2. The van der Waals surface area contributed by atoms with E-state index in [9.17, 15) is 14.7 Å². The Kier molecular flexibility index (Phi) is 5.19. The fourth-order valence-electron chi connectivity index (χ4n) is 4.38. The first-order chi connectivity index (χ1) is 16.0. The van der Waals surface area contributed by atoms with Gasteiger partial charge in [-0.25, -0.2) is 0 Å². The van der Waals surface area contributed by atoms with E-state index in [0.29, 0.717) is 27.4 Å². The number of hydrogen-bond donors (Lipinski definition) is 1. The summed E-state index contributed by atoms with van der Waals surface area (Å²) >= 11 is 6.34. The molecular formula is C27H19ClN2O3. The first-order valence-electron chi connectivity index (χ1n) is 10.4. The van der Waals surface area contributed by atoms with Crippen molar-refractivity contribution in [1.82, 2.24) is 4.98 Å². The van der Waals surface area contributed by atoms with Gasteiger partial charge >= 0.3 is 0 Å². The van der Waals surface area contributed by atoms with Crippen LogP contribution in [0.5, 0.6) is 0 Å². The number of ketones is 1. The van der Waals surface area contributed by atoms with Crippen molar-refractivity contribution >= 4 is 45.5 Å². The zero-order valence-electron chi connectivity index (χ0n) is 17.7. The maximum Gasteiger partial charge on any atom is 0.300 e. The number of benzene rings is 3. The fourth-order valence-corrected chi connectivity index (χ4v) is 4.55. The molecule has 1 saturated heterocycles. The van der Waals surface area contributed by atoms with E-state index in [4.69, 9.17) is 11.6 Å². The van der Waals surface area contributed by atoms with Crippen LogP contribution in [0.4, 0.5) is 5.69 Å². The van der Waals surface area contributed by atoms with Gasteiger partial charge in [0.2, 0.25) is 0 Å². The second-order valence-electron chi connectivity index (χ2n) is 7.86. The van der Waals surface area contributed by atoms with Crippen LogP contribution < -0.4 is 4.90 Å². The third-order valence-corrected chi connectivity index (χ3v) is 6.42. The number of aliphatic hydroxyl groups is 1. The highest BCUT2D eigenvalue weighted by atomic mass is 35.5. The molecule has 1 aromatic heterocycles. The second kappa shape index (κ2) is 8.19. The van der Waals surface area contributed by atoms with Crippen LogP contribution in [-0.2, 0) is 9.59 Å². The molecule has 0 saturated carbocycles. The average molecular weight is 455 g/mol. The quantitative estimate of drug-likeness (QED) is 0.240. The van der Waals surface area contributed by atoms with E-state index in [2.05, 4.69) is 4.98 Å². The lowest BCUT2D eigenvalue weighted by molar-refractivity contribution is -0.132. The van der Waals surface area contributed by atoms with Crippen LogP contribution in [0.25, 0.3) is 16.5 Å². The highest BCUT2D eigenvalue weighted by Crippen LogP contribution is 2.44. The van der Waals surface area contributed by atoms with Crippen molar-refractivity contribution < 1.29 is 14.7 Å². The van der Waals surface area contributed by atoms with E-state index in [1.165, 1.54) is 4.90 Å². The van der Waals surface area contributed by atoms with Gasteiger partial charge in [0.05, 0.1) is 11.6 Å². The number of rotatable bonds is 3. The van der Waals surface area contributed by atoms with Gasteiger partial charge in [-0.1, -0.05) is 60.1 Å². The third kappa shape index (κ3) is 3.38. The molecule has 1 N–H and O–H groups in total. The summed E-state index contributed by atoms with van der Waals surface area (Å²) in [5.41, 5.74) is 2.37. The number of amides is 1. The number of anilines is 1. The summed E-state index contributed by atoms with van der Waals surface area (Å²) in [5, 5.41) is 13.7. The molecule has 2 heterocycles. The molecule has 1 aliphatic rings. The largest absolute Gasteiger partial charge is 0.507 e. The highest BCUT2D eigenvalue weighted by Gasteiger charge is 2.47. The Morgan fingerprint density at radius 3 is 2.42 bits per heavy atom. The molecule has 0 spiro atoms. The van der Waals surface area contributed by atoms with Crippen LogP contribution in [0.3, 0.4) is 0 Å². The van der Waals surface area contributed by atoms with Crippen molar-refractivity contribution in [3.05, 3.63) is 112 Å². The molecular weight excluding hydrogens is 436 g/mol. The number of carbonyl (C=O) groups is 2. The standard InChI is InChI=1S/C27H19ClN2O3/c1-16-21(28)10-5-11-22(16)30-24(18-12-14-29-15-13-18)23(26(32)27(30)33)25(31)20-9-4-7-17-6-2-3-8-19(17)20/h2-15,24,31H,1H3/b25-23-. The van der Waals surface area contributed by atoms with Crippen molar-refractivity contribution in [1.29, 1.82) is 0 Å². The lowest BCUT2D eigenvalue weighted by atomic mass is 9.93. The lowest BCUT2D eigenvalue weighted by Crippen LogP contribution is -2.30. The Labute approximate surface area is 195 Å². The minimum Gasteiger partial charge on any atom is -0.507 e. The van der Waals surface area contributed by atoms with E-state index in [-0.39, 0.29) is 11.3 Å². The topological polar surface area (TPSA) is 70.5 Å². The Bertz CT molecular complexity index is 1440. The normalized spacial score (nSPS) is 17.6. The first kappa shape index (κ1) is 20.9. The predicted molar refractivity (Wildman–Crippen MR) is 129 cm³/mol. The molecule has 4 aromatic rings. The lowest BCUT2D eigenvalue weighted by Gasteiger charge is -2.27. The van der Waals surface area contributed by atoms with Gasteiger partial charge < -0.3 is 5.11 Å². The summed E-state index contributed by atoms with van der Waals surface area (Å²) in [7, 11) is 0. The molecule has 1 aliphatic heterocycles. The van der Waals surface area contributed by atoms with E-state index < -0.39 is 17.7 Å². The molecule has 1 amide bonds. The van der Waals surface area contributed by atoms with Crippen LogP contribution in [0.2, 0.25) is 5.02 Å².